The van der Waals surface area contributed by atoms with Crippen molar-refractivity contribution >= 4 is 21.6 Å². The van der Waals surface area contributed by atoms with E-state index >= 15 is 0 Å². The van der Waals surface area contributed by atoms with E-state index in [0.29, 0.717) is 0 Å². The molecular formula is C6H7ClN4O2S. The summed E-state index contributed by atoms with van der Waals surface area (Å²) in [6.07, 6.45) is 1.28. The third-order valence-electron chi connectivity index (χ3n) is 1.43. The van der Waals surface area contributed by atoms with Crippen LogP contribution >= 0.6 is 11.6 Å². The lowest BCUT2D eigenvalue weighted by Crippen LogP contribution is -2.24. The zero-order valence-corrected chi connectivity index (χ0v) is 8.80. The fraction of sp³-hybridized carbons (Fsp3) is 0.333. The lowest BCUT2D eigenvalue weighted by molar-refractivity contribution is 0.582. The molecule has 1 rings (SSSR count). The van der Waals surface area contributed by atoms with Crippen LogP contribution in [0.5, 0.6) is 0 Å². The van der Waals surface area contributed by atoms with Crippen LogP contribution in [0.15, 0.2) is 11.4 Å². The molecule has 0 fully saturated rings. The van der Waals surface area contributed by atoms with Gasteiger partial charge in [-0.1, -0.05) is 11.6 Å². The number of halogens is 1. The van der Waals surface area contributed by atoms with E-state index in [4.69, 9.17) is 16.9 Å². The molecule has 0 radical (unpaired) electrons. The Morgan fingerprint density at radius 3 is 2.86 bits per heavy atom. The topological polar surface area (TPSA) is 87.8 Å². The molecule has 76 valence electrons. The lowest BCUT2D eigenvalue weighted by atomic mass is 10.8. The number of nitriles is 1. The fourth-order valence-electron chi connectivity index (χ4n) is 0.770. The average molecular weight is 235 g/mol. The number of aromatic nitrogens is 2. The highest BCUT2D eigenvalue weighted by atomic mass is 35.5. The van der Waals surface area contributed by atoms with Gasteiger partial charge in [0.1, 0.15) is 5.15 Å². The van der Waals surface area contributed by atoms with Crippen molar-refractivity contribution in [2.24, 2.45) is 7.05 Å². The number of nitrogens with one attached hydrogen (secondary N) is 1. The van der Waals surface area contributed by atoms with Gasteiger partial charge in [-0.15, -0.1) is 0 Å². The summed E-state index contributed by atoms with van der Waals surface area (Å²) in [6, 6.07) is 1.65. The number of imidazole rings is 1. The summed E-state index contributed by atoms with van der Waals surface area (Å²) in [5.74, 6) is 0. The van der Waals surface area contributed by atoms with Gasteiger partial charge in [0.2, 0.25) is 5.03 Å². The second-order valence-electron chi connectivity index (χ2n) is 2.43. The van der Waals surface area contributed by atoms with Gasteiger partial charge in [-0.05, 0) is 0 Å². The molecule has 14 heavy (non-hydrogen) atoms. The zero-order valence-electron chi connectivity index (χ0n) is 7.23. The predicted molar refractivity (Wildman–Crippen MR) is 49.0 cm³/mol. The van der Waals surface area contributed by atoms with Crippen molar-refractivity contribution < 1.29 is 8.42 Å². The maximum Gasteiger partial charge on any atom is 0.262 e. The molecule has 1 aromatic rings. The minimum absolute atomic E-state index is 0.00967. The van der Waals surface area contributed by atoms with E-state index in [0.717, 1.165) is 0 Å². The summed E-state index contributed by atoms with van der Waals surface area (Å²) in [5, 5.41) is 7.96. The van der Waals surface area contributed by atoms with E-state index in [2.05, 4.69) is 4.98 Å². The number of aryl methyl sites for hydroxylation is 1. The number of rotatable bonds is 3. The van der Waals surface area contributed by atoms with Crippen molar-refractivity contribution in [1.82, 2.24) is 14.3 Å². The van der Waals surface area contributed by atoms with Gasteiger partial charge in [-0.25, -0.2) is 13.4 Å². The number of nitrogens with zero attached hydrogens (tertiary/aromatic N) is 3. The van der Waals surface area contributed by atoms with Crippen LogP contribution in [0.4, 0.5) is 0 Å². The van der Waals surface area contributed by atoms with Gasteiger partial charge in [0.15, 0.2) is 0 Å². The average Bonchev–Trinajstić information content (AvgIpc) is 2.45. The fourth-order valence-corrected chi connectivity index (χ4v) is 2.11. The van der Waals surface area contributed by atoms with E-state index in [1.807, 2.05) is 4.72 Å². The van der Waals surface area contributed by atoms with Gasteiger partial charge in [-0.2, -0.15) is 9.98 Å². The molecule has 0 aromatic carbocycles. The first-order valence-corrected chi connectivity index (χ1v) is 5.38. The van der Waals surface area contributed by atoms with Crippen LogP contribution in [-0.4, -0.2) is 24.5 Å². The second-order valence-corrected chi connectivity index (χ2v) is 4.47. The third kappa shape index (κ3) is 2.04. The van der Waals surface area contributed by atoms with Gasteiger partial charge < -0.3 is 4.57 Å². The Morgan fingerprint density at radius 2 is 2.43 bits per heavy atom. The molecule has 0 aliphatic carbocycles. The summed E-state index contributed by atoms with van der Waals surface area (Å²) < 4.78 is 26.2. The van der Waals surface area contributed by atoms with Crippen molar-refractivity contribution in [2.45, 2.75) is 5.03 Å². The predicted octanol–water partition coefficient (Wildman–Crippen LogP) is -0.125. The Morgan fingerprint density at radius 1 is 1.79 bits per heavy atom. The van der Waals surface area contributed by atoms with Crippen LogP contribution in [0.3, 0.4) is 0 Å². The van der Waals surface area contributed by atoms with E-state index in [1.54, 1.807) is 13.1 Å². The SMILES string of the molecule is Cn1cnc(S(=O)(=O)NCC#N)c1Cl. The molecule has 0 bridgehead atoms. The highest BCUT2D eigenvalue weighted by molar-refractivity contribution is 7.89. The van der Waals surface area contributed by atoms with Gasteiger partial charge in [0.25, 0.3) is 10.0 Å². The zero-order chi connectivity index (χ0) is 10.8. The highest BCUT2D eigenvalue weighted by Gasteiger charge is 2.21. The van der Waals surface area contributed by atoms with Gasteiger partial charge in [-0.3, -0.25) is 0 Å². The van der Waals surface area contributed by atoms with Crippen molar-refractivity contribution in [3.63, 3.8) is 0 Å². The van der Waals surface area contributed by atoms with Crippen LogP contribution in [0, 0.1) is 11.3 Å². The molecular weight excluding hydrogens is 228 g/mol. The van der Waals surface area contributed by atoms with Crippen molar-refractivity contribution in [3.8, 4) is 6.07 Å². The Bertz CT molecular complexity index is 473. The largest absolute Gasteiger partial charge is 0.324 e. The Kier molecular flexibility index (Phi) is 3.10. The van der Waals surface area contributed by atoms with Crippen molar-refractivity contribution in [2.75, 3.05) is 6.54 Å². The molecule has 0 amide bonds. The van der Waals surface area contributed by atoms with Crippen molar-refractivity contribution in [1.29, 1.82) is 5.26 Å². The molecule has 1 N–H and O–H groups in total. The quantitative estimate of drug-likeness (QED) is 0.739. The Balaban J connectivity index is 3.06. The van der Waals surface area contributed by atoms with E-state index in [1.165, 1.54) is 10.9 Å². The molecule has 0 spiro atoms. The molecule has 0 saturated heterocycles. The van der Waals surface area contributed by atoms with E-state index < -0.39 is 10.0 Å². The first-order chi connectivity index (χ1) is 6.49. The number of sulfonamides is 1. The summed E-state index contributed by atoms with van der Waals surface area (Å²) in [4.78, 5) is 3.61. The van der Waals surface area contributed by atoms with Gasteiger partial charge in [0.05, 0.1) is 18.9 Å². The first kappa shape index (κ1) is 11.0. The second kappa shape index (κ2) is 3.96. The van der Waals surface area contributed by atoms with Crippen LogP contribution in [0.25, 0.3) is 0 Å². The van der Waals surface area contributed by atoms with E-state index in [9.17, 15) is 8.42 Å². The molecule has 1 heterocycles. The molecule has 0 saturated carbocycles. The third-order valence-corrected chi connectivity index (χ3v) is 3.32. The molecule has 6 nitrogen and oxygen atoms in total. The Hall–Kier alpha value is -1.10. The first-order valence-electron chi connectivity index (χ1n) is 3.52. The highest BCUT2D eigenvalue weighted by Crippen LogP contribution is 2.17. The molecule has 0 atom stereocenters. The number of hydrogen-bond donors (Lipinski definition) is 1. The summed E-state index contributed by atoms with van der Waals surface area (Å²) in [5.41, 5.74) is 0. The van der Waals surface area contributed by atoms with Gasteiger partial charge in [0, 0.05) is 7.05 Å². The van der Waals surface area contributed by atoms with Crippen molar-refractivity contribution in [3.05, 3.63) is 11.5 Å². The maximum atomic E-state index is 11.4. The lowest BCUT2D eigenvalue weighted by Gasteiger charge is -1.99. The normalized spacial score (nSPS) is 11.2. The van der Waals surface area contributed by atoms with E-state index in [-0.39, 0.29) is 16.7 Å². The summed E-state index contributed by atoms with van der Waals surface area (Å²) in [6.45, 7) is -0.310. The summed E-state index contributed by atoms with van der Waals surface area (Å²) >= 11 is 5.67. The van der Waals surface area contributed by atoms with Crippen LogP contribution in [0.2, 0.25) is 5.15 Å². The molecule has 0 unspecified atom stereocenters. The molecule has 0 aliphatic heterocycles. The molecule has 8 heteroatoms. The minimum Gasteiger partial charge on any atom is -0.324 e. The van der Waals surface area contributed by atoms with Gasteiger partial charge >= 0.3 is 0 Å². The van der Waals surface area contributed by atoms with Crippen LogP contribution < -0.4 is 4.72 Å². The molecule has 1 aromatic heterocycles. The standard InChI is InChI=1S/C6H7ClN4O2S/c1-11-4-9-6(5(11)7)14(12,13)10-3-2-8/h4,10H,3H2,1H3. The monoisotopic (exact) mass is 234 g/mol. The smallest absolute Gasteiger partial charge is 0.262 e. The maximum absolute atomic E-state index is 11.4. The summed E-state index contributed by atoms with van der Waals surface area (Å²) in [7, 11) is -2.20. The molecule has 0 aliphatic rings. The Labute approximate surface area is 86.2 Å². The number of hydrogen-bond acceptors (Lipinski definition) is 4. The van der Waals surface area contributed by atoms with Crippen LogP contribution in [0.1, 0.15) is 0 Å². The van der Waals surface area contributed by atoms with Crippen LogP contribution in [-0.2, 0) is 17.1 Å². The minimum atomic E-state index is -3.77.